The molecule has 0 unspecified atom stereocenters. The van der Waals surface area contributed by atoms with Crippen molar-refractivity contribution in [3.8, 4) is 0 Å². The van der Waals surface area contributed by atoms with E-state index in [9.17, 15) is 0 Å². The Labute approximate surface area is 62.5 Å². The Hall–Kier alpha value is -1.24. The van der Waals surface area contributed by atoms with Gasteiger partial charge in [0.2, 0.25) is 0 Å². The predicted molar refractivity (Wildman–Crippen MR) is 46.4 cm³/mol. The molecule has 54 valence electrons. The lowest BCUT2D eigenvalue weighted by molar-refractivity contribution is 1.09. The number of rotatable bonds is 4. The van der Waals surface area contributed by atoms with Crippen molar-refractivity contribution in [2.24, 2.45) is 0 Å². The van der Waals surface area contributed by atoms with Gasteiger partial charge in [0.15, 0.2) is 0 Å². The molecule has 10 heavy (non-hydrogen) atoms. The summed E-state index contributed by atoms with van der Waals surface area (Å²) in [5.41, 5.74) is 2.01. The second-order valence-electron chi connectivity index (χ2n) is 1.85. The fourth-order valence-corrected chi connectivity index (χ4v) is 0.554. The van der Waals surface area contributed by atoms with Crippen molar-refractivity contribution in [1.29, 1.82) is 0 Å². The summed E-state index contributed by atoms with van der Waals surface area (Å²) >= 11 is 0. The maximum absolute atomic E-state index is 3.63. The molecule has 0 radical (unpaired) electrons. The first-order valence-electron chi connectivity index (χ1n) is 3.09. The first kappa shape index (κ1) is 8.76. The molecule has 0 aromatic rings. The van der Waals surface area contributed by atoms with Gasteiger partial charge in [0, 0.05) is 5.70 Å². The monoisotopic (exact) mass is 135 g/mol. The molecule has 0 aromatic carbocycles. The third-order valence-electron chi connectivity index (χ3n) is 1.19. The third-order valence-corrected chi connectivity index (χ3v) is 1.19. The van der Waals surface area contributed by atoms with E-state index in [1.807, 2.05) is 6.92 Å². The number of hydrogen-bond acceptors (Lipinski definition) is 1. The van der Waals surface area contributed by atoms with Crippen LogP contribution in [-0.4, -0.2) is 0 Å². The molecule has 0 aliphatic heterocycles. The van der Waals surface area contributed by atoms with E-state index in [1.54, 1.807) is 18.4 Å². The summed E-state index contributed by atoms with van der Waals surface area (Å²) < 4.78 is 0. The molecule has 0 spiro atoms. The quantitative estimate of drug-likeness (QED) is 0.583. The number of nitrogens with one attached hydrogen (secondary N) is 1. The van der Waals surface area contributed by atoms with Crippen LogP contribution in [0.2, 0.25) is 0 Å². The Morgan fingerprint density at radius 2 is 1.80 bits per heavy atom. The topological polar surface area (TPSA) is 12.0 Å². The molecule has 1 N–H and O–H groups in total. The zero-order valence-electron chi connectivity index (χ0n) is 6.35. The zero-order chi connectivity index (χ0) is 7.98. The van der Waals surface area contributed by atoms with Gasteiger partial charge in [-0.1, -0.05) is 25.8 Å². The van der Waals surface area contributed by atoms with Gasteiger partial charge >= 0.3 is 0 Å². The van der Waals surface area contributed by atoms with Crippen molar-refractivity contribution in [3.05, 3.63) is 49.4 Å². The smallest absolute Gasteiger partial charge is 0.0403 e. The second-order valence-corrected chi connectivity index (χ2v) is 1.85. The minimum Gasteiger partial charge on any atom is -0.362 e. The summed E-state index contributed by atoms with van der Waals surface area (Å²) in [5, 5.41) is 2.94. The highest BCUT2D eigenvalue weighted by Crippen LogP contribution is 2.01. The molecule has 0 atom stereocenters. The fourth-order valence-electron chi connectivity index (χ4n) is 0.554. The molecule has 1 heteroatoms. The Balaban J connectivity index is 4.42. The highest BCUT2D eigenvalue weighted by molar-refractivity contribution is 5.28. The van der Waals surface area contributed by atoms with Gasteiger partial charge in [-0.05, 0) is 24.8 Å². The first-order chi connectivity index (χ1) is 4.76. The summed E-state index contributed by atoms with van der Waals surface area (Å²) in [4.78, 5) is 0. The van der Waals surface area contributed by atoms with Gasteiger partial charge in [-0.25, -0.2) is 0 Å². The largest absolute Gasteiger partial charge is 0.362 e. The van der Waals surface area contributed by atoms with E-state index in [2.05, 4.69) is 25.1 Å². The van der Waals surface area contributed by atoms with Crippen LogP contribution in [0, 0.1) is 0 Å². The summed E-state index contributed by atoms with van der Waals surface area (Å²) in [5.74, 6) is 0. The van der Waals surface area contributed by atoms with Crippen molar-refractivity contribution in [2.75, 3.05) is 0 Å². The van der Waals surface area contributed by atoms with Crippen LogP contribution >= 0.6 is 0 Å². The van der Waals surface area contributed by atoms with Crippen LogP contribution in [0.25, 0.3) is 0 Å². The van der Waals surface area contributed by atoms with Gasteiger partial charge in [0.05, 0.1) is 0 Å². The minimum atomic E-state index is 0.949. The van der Waals surface area contributed by atoms with Crippen LogP contribution in [0.5, 0.6) is 0 Å². The summed E-state index contributed by atoms with van der Waals surface area (Å²) in [6, 6.07) is 0. The van der Waals surface area contributed by atoms with E-state index < -0.39 is 0 Å². The Kier molecular flexibility index (Phi) is 4.05. The molecule has 0 aliphatic carbocycles. The molecule has 0 amide bonds. The molecular formula is C9H13N. The predicted octanol–water partition coefficient (Wildman–Crippen LogP) is 2.37. The Bertz CT molecular complexity index is 175. The van der Waals surface area contributed by atoms with Gasteiger partial charge in [0.25, 0.3) is 0 Å². The van der Waals surface area contributed by atoms with Crippen molar-refractivity contribution in [1.82, 2.24) is 5.32 Å². The maximum atomic E-state index is 3.63. The highest BCUT2D eigenvalue weighted by Gasteiger charge is 1.88. The van der Waals surface area contributed by atoms with E-state index in [4.69, 9.17) is 0 Å². The molecule has 0 saturated carbocycles. The van der Waals surface area contributed by atoms with Crippen LogP contribution in [0.15, 0.2) is 49.4 Å². The van der Waals surface area contributed by atoms with E-state index >= 15 is 0 Å². The minimum absolute atomic E-state index is 0.949. The Morgan fingerprint density at radius 1 is 1.20 bits per heavy atom. The summed E-state index contributed by atoms with van der Waals surface area (Å²) in [7, 11) is 0. The Morgan fingerprint density at radius 3 is 2.10 bits per heavy atom. The molecule has 0 saturated heterocycles. The molecule has 0 rings (SSSR count). The van der Waals surface area contributed by atoms with Crippen molar-refractivity contribution in [3.63, 3.8) is 0 Å². The lowest BCUT2D eigenvalue weighted by atomic mass is 10.2. The molecule has 0 fully saturated rings. The fraction of sp³-hybridized carbons (Fsp3) is 0.111. The molecule has 0 heterocycles. The van der Waals surface area contributed by atoms with Gasteiger partial charge in [-0.2, -0.15) is 0 Å². The number of hydrogen-bond donors (Lipinski definition) is 1. The molecule has 1 nitrogen and oxygen atoms in total. The number of allylic oxidation sites excluding steroid dienone is 3. The van der Waals surface area contributed by atoms with Crippen LogP contribution in [0.1, 0.15) is 6.92 Å². The zero-order valence-corrected chi connectivity index (χ0v) is 6.35. The van der Waals surface area contributed by atoms with E-state index in [-0.39, 0.29) is 0 Å². The van der Waals surface area contributed by atoms with Crippen LogP contribution in [0.4, 0.5) is 0 Å². The first-order valence-corrected chi connectivity index (χ1v) is 3.09. The van der Waals surface area contributed by atoms with Crippen LogP contribution in [-0.2, 0) is 0 Å². The van der Waals surface area contributed by atoms with E-state index in [0.717, 1.165) is 11.3 Å². The van der Waals surface area contributed by atoms with Gasteiger partial charge in [0.1, 0.15) is 0 Å². The molecule has 0 aromatic heterocycles. The van der Waals surface area contributed by atoms with E-state index in [1.165, 1.54) is 0 Å². The average Bonchev–Trinajstić information content (AvgIpc) is 1.99. The summed E-state index contributed by atoms with van der Waals surface area (Å²) in [6.45, 7) is 12.8. The van der Waals surface area contributed by atoms with Crippen LogP contribution in [0.3, 0.4) is 0 Å². The maximum Gasteiger partial charge on any atom is 0.0403 e. The van der Waals surface area contributed by atoms with Crippen molar-refractivity contribution in [2.45, 2.75) is 6.92 Å². The van der Waals surface area contributed by atoms with Crippen molar-refractivity contribution < 1.29 is 0 Å². The van der Waals surface area contributed by atoms with Crippen molar-refractivity contribution >= 4 is 0 Å². The van der Waals surface area contributed by atoms with Gasteiger partial charge in [-0.3, -0.25) is 0 Å². The summed E-state index contributed by atoms with van der Waals surface area (Å²) in [6.07, 6.45) is 5.12. The molecule has 0 bridgehead atoms. The molecule has 0 aliphatic rings. The third kappa shape index (κ3) is 2.35. The van der Waals surface area contributed by atoms with Gasteiger partial charge in [-0.15, -0.1) is 0 Å². The lowest BCUT2D eigenvalue weighted by Crippen LogP contribution is -2.02. The average molecular weight is 135 g/mol. The SMILES string of the molecule is C=CN/C(C=C)=C(\C)C=C. The van der Waals surface area contributed by atoms with E-state index in [0.29, 0.717) is 0 Å². The van der Waals surface area contributed by atoms with Crippen LogP contribution < -0.4 is 5.32 Å². The normalized spacial score (nSPS) is 11.3. The highest BCUT2D eigenvalue weighted by atomic mass is 14.8. The van der Waals surface area contributed by atoms with Gasteiger partial charge < -0.3 is 5.32 Å². The standard InChI is InChI=1S/C9H13N/c1-5-8(4)9(6-2)10-7-3/h5-7,10H,1-3H2,4H3/b9-8+. The lowest BCUT2D eigenvalue weighted by Gasteiger charge is -2.02. The second kappa shape index (κ2) is 4.62. The molecular weight excluding hydrogens is 122 g/mol.